The van der Waals surface area contributed by atoms with Crippen molar-refractivity contribution in [3.05, 3.63) is 35.1 Å². The van der Waals surface area contributed by atoms with Crippen LogP contribution in [0.15, 0.2) is 12.1 Å². The van der Waals surface area contributed by atoms with Gasteiger partial charge in [-0.2, -0.15) is 0 Å². The maximum Gasteiger partial charge on any atom is 0.313 e. The largest absolute Gasteiger partial charge is 0.395 e. The Kier molecular flexibility index (Phi) is 6.71. The van der Waals surface area contributed by atoms with Crippen LogP contribution in [0.1, 0.15) is 32.3 Å². The van der Waals surface area contributed by atoms with Gasteiger partial charge >= 0.3 is 12.4 Å². The van der Waals surface area contributed by atoms with Crippen LogP contribution in [0.3, 0.4) is 0 Å². The van der Waals surface area contributed by atoms with Crippen molar-refractivity contribution in [2.45, 2.75) is 32.4 Å². The highest BCUT2D eigenvalue weighted by molar-refractivity contribution is 5.76. The Hall–Kier alpha value is -1.93. The molecule has 5 nitrogen and oxygen atoms in total. The van der Waals surface area contributed by atoms with E-state index >= 15 is 0 Å². The number of rotatable bonds is 8. The second kappa shape index (κ2) is 8.07. The highest BCUT2D eigenvalue weighted by Crippen LogP contribution is 2.30. The van der Waals surface area contributed by atoms with Crippen LogP contribution in [0.2, 0.25) is 0 Å². The van der Waals surface area contributed by atoms with Crippen LogP contribution in [-0.2, 0) is 24.8 Å². The van der Waals surface area contributed by atoms with Crippen LogP contribution in [0.5, 0.6) is 0 Å². The van der Waals surface area contributed by atoms with E-state index in [-0.39, 0.29) is 31.8 Å². The van der Waals surface area contributed by atoms with Crippen molar-refractivity contribution in [1.82, 2.24) is 0 Å². The molecule has 8 heteroatoms. The molecule has 0 aliphatic heterocycles. The van der Waals surface area contributed by atoms with Gasteiger partial charge in [-0.3, -0.25) is 15.3 Å². The lowest BCUT2D eigenvalue weighted by molar-refractivity contribution is -0.153. The fourth-order valence-corrected chi connectivity index (χ4v) is 1.85. The molecule has 0 aliphatic rings. The molecule has 1 aromatic rings. The standard InChI is InChI=1S/C15H18F3NO4/c1-9(2)7-23-15(19,4-3-14(21)22-8-20)10-5-12(17)13(18)6-11(10)16/h5-6,8-9H,3-4,7,19H2,1-2H3. The Morgan fingerprint density at radius 2 is 1.87 bits per heavy atom. The Morgan fingerprint density at radius 1 is 1.26 bits per heavy atom. The van der Waals surface area contributed by atoms with Crippen molar-refractivity contribution in [2.75, 3.05) is 6.61 Å². The van der Waals surface area contributed by atoms with Gasteiger partial charge in [-0.25, -0.2) is 13.2 Å². The summed E-state index contributed by atoms with van der Waals surface area (Å²) >= 11 is 0. The van der Waals surface area contributed by atoms with Gasteiger partial charge < -0.3 is 9.47 Å². The van der Waals surface area contributed by atoms with Crippen molar-refractivity contribution in [3.8, 4) is 0 Å². The molecule has 1 atom stereocenters. The molecule has 0 radical (unpaired) electrons. The van der Waals surface area contributed by atoms with E-state index in [1.165, 1.54) is 0 Å². The second-order valence-corrected chi connectivity index (χ2v) is 5.43. The van der Waals surface area contributed by atoms with Crippen molar-refractivity contribution in [1.29, 1.82) is 0 Å². The van der Waals surface area contributed by atoms with Crippen LogP contribution in [0.25, 0.3) is 0 Å². The highest BCUT2D eigenvalue weighted by atomic mass is 19.2. The number of ether oxygens (including phenoxy) is 2. The smallest absolute Gasteiger partial charge is 0.313 e. The lowest BCUT2D eigenvalue weighted by Gasteiger charge is -2.31. The molecule has 1 rings (SSSR count). The summed E-state index contributed by atoms with van der Waals surface area (Å²) in [6, 6.07) is 0.949. The quantitative estimate of drug-likeness (QED) is 0.260. The number of benzene rings is 1. The number of carbonyl (C=O) groups is 2. The fourth-order valence-electron chi connectivity index (χ4n) is 1.85. The molecule has 0 saturated carbocycles. The summed E-state index contributed by atoms with van der Waals surface area (Å²) in [5.74, 6) is -4.63. The molecule has 23 heavy (non-hydrogen) atoms. The topological polar surface area (TPSA) is 78.6 Å². The van der Waals surface area contributed by atoms with Gasteiger partial charge in [-0.1, -0.05) is 13.8 Å². The molecule has 0 fully saturated rings. The summed E-state index contributed by atoms with van der Waals surface area (Å²) in [5, 5.41) is 0. The van der Waals surface area contributed by atoms with Crippen LogP contribution in [-0.4, -0.2) is 19.0 Å². The van der Waals surface area contributed by atoms with Crippen molar-refractivity contribution in [3.63, 3.8) is 0 Å². The van der Waals surface area contributed by atoms with Gasteiger partial charge in [0.1, 0.15) is 11.5 Å². The molecular weight excluding hydrogens is 315 g/mol. The molecule has 0 amide bonds. The summed E-state index contributed by atoms with van der Waals surface area (Å²) in [6.45, 7) is 3.66. The molecular formula is C15H18F3NO4. The minimum Gasteiger partial charge on any atom is -0.395 e. The Labute approximate surface area is 131 Å². The molecule has 0 heterocycles. The van der Waals surface area contributed by atoms with Gasteiger partial charge in [0.05, 0.1) is 13.0 Å². The SMILES string of the molecule is CC(C)COC(N)(CCC(=O)OC=O)c1cc(F)c(F)cc1F. The zero-order chi connectivity index (χ0) is 17.6. The van der Waals surface area contributed by atoms with Gasteiger partial charge in [-0.15, -0.1) is 0 Å². The normalized spacial score (nSPS) is 13.7. The summed E-state index contributed by atoms with van der Waals surface area (Å²) in [5.41, 5.74) is 3.69. The van der Waals surface area contributed by atoms with E-state index in [1.54, 1.807) is 0 Å². The van der Waals surface area contributed by atoms with E-state index in [1.807, 2.05) is 13.8 Å². The third kappa shape index (κ3) is 5.33. The van der Waals surface area contributed by atoms with E-state index in [9.17, 15) is 22.8 Å². The molecule has 1 unspecified atom stereocenters. The first-order valence-electron chi connectivity index (χ1n) is 6.90. The molecule has 2 N–H and O–H groups in total. The van der Waals surface area contributed by atoms with Crippen LogP contribution >= 0.6 is 0 Å². The van der Waals surface area contributed by atoms with Crippen LogP contribution in [0.4, 0.5) is 13.2 Å². The first-order valence-corrected chi connectivity index (χ1v) is 6.90. The van der Waals surface area contributed by atoms with Gasteiger partial charge in [-0.05, 0) is 12.0 Å². The van der Waals surface area contributed by atoms with Crippen LogP contribution in [0, 0.1) is 23.4 Å². The molecule has 0 aromatic heterocycles. The van der Waals surface area contributed by atoms with Gasteiger partial charge in [0.25, 0.3) is 0 Å². The minimum absolute atomic E-state index is 0.0215. The number of esters is 1. The number of hydrogen-bond donors (Lipinski definition) is 1. The van der Waals surface area contributed by atoms with Crippen molar-refractivity contribution < 1.29 is 32.2 Å². The molecule has 1 aromatic carbocycles. The number of carbonyl (C=O) groups excluding carboxylic acids is 2. The van der Waals surface area contributed by atoms with E-state index in [0.717, 1.165) is 0 Å². The molecule has 0 spiro atoms. The van der Waals surface area contributed by atoms with Crippen molar-refractivity contribution >= 4 is 12.4 Å². The molecule has 128 valence electrons. The number of halogens is 3. The minimum atomic E-state index is -1.87. The average molecular weight is 333 g/mol. The van der Waals surface area contributed by atoms with E-state index in [2.05, 4.69) is 4.74 Å². The Morgan fingerprint density at radius 3 is 2.43 bits per heavy atom. The summed E-state index contributed by atoms with van der Waals surface area (Å²) < 4.78 is 50.0. The van der Waals surface area contributed by atoms with Crippen molar-refractivity contribution in [2.24, 2.45) is 11.7 Å². The summed E-state index contributed by atoms with van der Waals surface area (Å²) in [4.78, 5) is 21.4. The average Bonchev–Trinajstić information content (AvgIpc) is 2.47. The van der Waals surface area contributed by atoms with Gasteiger partial charge in [0, 0.05) is 18.1 Å². The van der Waals surface area contributed by atoms with Crippen LogP contribution < -0.4 is 5.73 Å². The van der Waals surface area contributed by atoms with Gasteiger partial charge in [0.2, 0.25) is 0 Å². The first kappa shape index (κ1) is 19.1. The summed E-state index contributed by atoms with van der Waals surface area (Å²) in [7, 11) is 0. The zero-order valence-corrected chi connectivity index (χ0v) is 12.8. The molecule has 0 aliphatic carbocycles. The molecule has 0 saturated heterocycles. The predicted molar refractivity (Wildman–Crippen MR) is 74.4 cm³/mol. The zero-order valence-electron chi connectivity index (χ0n) is 12.8. The fraction of sp³-hybridized carbons (Fsp3) is 0.467. The number of hydrogen-bond acceptors (Lipinski definition) is 5. The highest BCUT2D eigenvalue weighted by Gasteiger charge is 2.33. The third-order valence-corrected chi connectivity index (χ3v) is 3.02. The predicted octanol–water partition coefficient (Wildman–Crippen LogP) is 2.37. The lowest BCUT2D eigenvalue weighted by Crippen LogP contribution is -2.42. The maximum atomic E-state index is 14.0. The third-order valence-electron chi connectivity index (χ3n) is 3.02. The molecule has 0 bridgehead atoms. The van der Waals surface area contributed by atoms with Gasteiger partial charge in [0.15, 0.2) is 11.6 Å². The Bertz CT molecular complexity index is 580. The first-order chi connectivity index (χ1) is 10.7. The van der Waals surface area contributed by atoms with E-state index < -0.39 is 34.7 Å². The van der Waals surface area contributed by atoms with E-state index in [4.69, 9.17) is 10.5 Å². The lowest BCUT2D eigenvalue weighted by atomic mass is 9.97. The Balaban J connectivity index is 3.10. The van der Waals surface area contributed by atoms with E-state index in [0.29, 0.717) is 12.1 Å². The summed E-state index contributed by atoms with van der Waals surface area (Å²) in [6.07, 6.45) is -0.653. The number of nitrogens with two attached hydrogens (primary N) is 1. The maximum absolute atomic E-state index is 14.0. The second-order valence-electron chi connectivity index (χ2n) is 5.43. The monoisotopic (exact) mass is 333 g/mol.